The summed E-state index contributed by atoms with van der Waals surface area (Å²) in [7, 11) is 0. The first-order chi connectivity index (χ1) is 12.6. The Labute approximate surface area is 151 Å². The predicted molar refractivity (Wildman–Crippen MR) is 101 cm³/mol. The van der Waals surface area contributed by atoms with Gasteiger partial charge in [0.1, 0.15) is 11.9 Å². The van der Waals surface area contributed by atoms with Gasteiger partial charge >= 0.3 is 0 Å². The van der Waals surface area contributed by atoms with Crippen LogP contribution in [0.4, 0.5) is 5.82 Å². The number of amides is 1. The zero-order valence-corrected chi connectivity index (χ0v) is 14.7. The number of benzene rings is 1. The van der Waals surface area contributed by atoms with E-state index < -0.39 is 0 Å². The third-order valence-corrected chi connectivity index (χ3v) is 4.05. The van der Waals surface area contributed by atoms with Crippen molar-refractivity contribution in [3.05, 3.63) is 65.0 Å². The third kappa shape index (κ3) is 3.78. The van der Waals surface area contributed by atoms with Crippen LogP contribution in [0.2, 0.25) is 0 Å². The van der Waals surface area contributed by atoms with E-state index in [2.05, 4.69) is 32.7 Å². The summed E-state index contributed by atoms with van der Waals surface area (Å²) in [6, 6.07) is 11.4. The summed E-state index contributed by atoms with van der Waals surface area (Å²) in [4.78, 5) is 20.5. The summed E-state index contributed by atoms with van der Waals surface area (Å²) in [6.45, 7) is 4.92. The van der Waals surface area contributed by atoms with Gasteiger partial charge in [-0.25, -0.2) is 4.98 Å². The number of aromatic nitrogens is 2. The summed E-state index contributed by atoms with van der Waals surface area (Å²) in [5.74, 6) is 0.371. The van der Waals surface area contributed by atoms with Crippen LogP contribution in [0.15, 0.2) is 42.7 Å². The number of anilines is 1. The number of carbonyl (C=O) groups excluding carboxylic acids is 1. The van der Waals surface area contributed by atoms with Gasteiger partial charge in [0.25, 0.3) is 5.91 Å². The van der Waals surface area contributed by atoms with Gasteiger partial charge in [-0.15, -0.1) is 0 Å². The van der Waals surface area contributed by atoms with Crippen LogP contribution in [0.5, 0.6) is 0 Å². The summed E-state index contributed by atoms with van der Waals surface area (Å²) in [5, 5.41) is 16.4. The van der Waals surface area contributed by atoms with Crippen LogP contribution < -0.4 is 10.6 Å². The molecule has 3 rings (SSSR count). The Balaban J connectivity index is 1.69. The maximum absolute atomic E-state index is 12.0. The van der Waals surface area contributed by atoms with Crippen LogP contribution in [0, 0.1) is 25.2 Å². The third-order valence-electron chi connectivity index (χ3n) is 4.05. The van der Waals surface area contributed by atoms with Gasteiger partial charge in [-0.3, -0.25) is 9.78 Å². The summed E-state index contributed by atoms with van der Waals surface area (Å²) < 4.78 is 0. The first-order valence-corrected chi connectivity index (χ1v) is 8.32. The number of nitriles is 1. The lowest BCUT2D eigenvalue weighted by Gasteiger charge is -2.11. The standard InChI is InChI=1S/C20H19N5O/c1-13-9-14(2)17-11-16(12-21)19(25-18(17)10-13)23-7-8-24-20(26)15-3-5-22-6-4-15/h3-6,9-11H,7-8H2,1-2H3,(H,23,25)(H,24,26). The molecule has 0 unspecified atom stereocenters. The van der Waals surface area contributed by atoms with E-state index in [1.807, 2.05) is 26.0 Å². The molecule has 6 nitrogen and oxygen atoms in total. The molecule has 2 N–H and O–H groups in total. The molecule has 26 heavy (non-hydrogen) atoms. The maximum Gasteiger partial charge on any atom is 0.251 e. The first-order valence-electron chi connectivity index (χ1n) is 8.32. The van der Waals surface area contributed by atoms with Crippen molar-refractivity contribution in [1.29, 1.82) is 5.26 Å². The van der Waals surface area contributed by atoms with Gasteiger partial charge in [0, 0.05) is 36.4 Å². The monoisotopic (exact) mass is 345 g/mol. The summed E-state index contributed by atoms with van der Waals surface area (Å²) in [5.41, 5.74) is 4.13. The van der Waals surface area contributed by atoms with E-state index in [4.69, 9.17) is 0 Å². The minimum absolute atomic E-state index is 0.160. The lowest BCUT2D eigenvalue weighted by Crippen LogP contribution is -2.29. The van der Waals surface area contributed by atoms with Crippen molar-refractivity contribution in [3.8, 4) is 6.07 Å². The zero-order chi connectivity index (χ0) is 18.5. The number of hydrogen-bond acceptors (Lipinski definition) is 5. The Hall–Kier alpha value is -3.46. The first kappa shape index (κ1) is 17.4. The van der Waals surface area contributed by atoms with Crippen LogP contribution in [0.1, 0.15) is 27.0 Å². The van der Waals surface area contributed by atoms with E-state index >= 15 is 0 Å². The highest BCUT2D eigenvalue weighted by Crippen LogP contribution is 2.24. The minimum atomic E-state index is -0.160. The lowest BCUT2D eigenvalue weighted by molar-refractivity contribution is 0.0955. The molecular weight excluding hydrogens is 326 g/mol. The zero-order valence-electron chi connectivity index (χ0n) is 14.7. The van der Waals surface area contributed by atoms with Gasteiger partial charge in [0.15, 0.2) is 0 Å². The number of hydrogen-bond donors (Lipinski definition) is 2. The molecule has 0 aliphatic rings. The van der Waals surface area contributed by atoms with Gasteiger partial charge in [-0.05, 0) is 49.2 Å². The fraction of sp³-hybridized carbons (Fsp3) is 0.200. The highest BCUT2D eigenvalue weighted by Gasteiger charge is 2.09. The number of rotatable bonds is 5. The van der Waals surface area contributed by atoms with E-state index in [-0.39, 0.29) is 5.91 Å². The smallest absolute Gasteiger partial charge is 0.251 e. The molecule has 0 spiro atoms. The molecule has 0 bridgehead atoms. The van der Waals surface area contributed by atoms with Crippen molar-refractivity contribution in [3.63, 3.8) is 0 Å². The maximum atomic E-state index is 12.0. The van der Waals surface area contributed by atoms with Crippen LogP contribution in [-0.4, -0.2) is 29.0 Å². The van der Waals surface area contributed by atoms with E-state index in [1.165, 1.54) is 0 Å². The van der Waals surface area contributed by atoms with Crippen molar-refractivity contribution in [2.75, 3.05) is 18.4 Å². The number of pyridine rings is 2. The summed E-state index contributed by atoms with van der Waals surface area (Å²) in [6.07, 6.45) is 3.16. The highest BCUT2D eigenvalue weighted by atomic mass is 16.1. The number of aryl methyl sites for hydroxylation is 2. The van der Waals surface area contributed by atoms with Crippen molar-refractivity contribution < 1.29 is 4.79 Å². The Kier molecular flexibility index (Phi) is 5.09. The molecule has 130 valence electrons. The van der Waals surface area contributed by atoms with Crippen molar-refractivity contribution >= 4 is 22.6 Å². The Morgan fingerprint density at radius 2 is 1.92 bits per heavy atom. The predicted octanol–water partition coefficient (Wildman–Crippen LogP) is 2.96. The van der Waals surface area contributed by atoms with Crippen LogP contribution >= 0.6 is 0 Å². The molecule has 0 radical (unpaired) electrons. The van der Waals surface area contributed by atoms with Gasteiger partial charge < -0.3 is 10.6 Å². The number of nitrogens with one attached hydrogen (secondary N) is 2. The Morgan fingerprint density at radius 3 is 2.65 bits per heavy atom. The average Bonchev–Trinajstić information content (AvgIpc) is 2.65. The van der Waals surface area contributed by atoms with Gasteiger partial charge in [-0.1, -0.05) is 6.07 Å². The molecular formula is C20H19N5O. The molecule has 0 fully saturated rings. The highest BCUT2D eigenvalue weighted by molar-refractivity contribution is 5.94. The molecule has 1 amide bonds. The topological polar surface area (TPSA) is 90.7 Å². The second-order valence-electron chi connectivity index (χ2n) is 6.06. The van der Waals surface area contributed by atoms with Crippen LogP contribution in [0.3, 0.4) is 0 Å². The molecule has 0 aliphatic heterocycles. The van der Waals surface area contributed by atoms with Gasteiger partial charge in [0.2, 0.25) is 0 Å². The molecule has 6 heteroatoms. The quantitative estimate of drug-likeness (QED) is 0.694. The SMILES string of the molecule is Cc1cc(C)c2cc(C#N)c(NCCNC(=O)c3ccncc3)nc2c1. The molecule has 1 aromatic carbocycles. The number of nitrogens with zero attached hydrogens (tertiary/aromatic N) is 3. The van der Waals surface area contributed by atoms with Crippen molar-refractivity contribution in [1.82, 2.24) is 15.3 Å². The Bertz CT molecular complexity index is 992. The molecule has 2 aromatic heterocycles. The molecule has 0 saturated heterocycles. The van der Waals surface area contributed by atoms with Crippen LogP contribution in [0.25, 0.3) is 10.9 Å². The normalized spacial score (nSPS) is 10.3. The lowest BCUT2D eigenvalue weighted by atomic mass is 10.0. The molecule has 2 heterocycles. The Morgan fingerprint density at radius 1 is 1.15 bits per heavy atom. The second-order valence-corrected chi connectivity index (χ2v) is 6.06. The largest absolute Gasteiger partial charge is 0.367 e. The van der Waals surface area contributed by atoms with Gasteiger partial charge in [-0.2, -0.15) is 5.26 Å². The van der Waals surface area contributed by atoms with Crippen molar-refractivity contribution in [2.45, 2.75) is 13.8 Å². The van der Waals surface area contributed by atoms with E-state index in [0.29, 0.717) is 30.0 Å². The van der Waals surface area contributed by atoms with E-state index in [1.54, 1.807) is 24.5 Å². The summed E-state index contributed by atoms with van der Waals surface area (Å²) >= 11 is 0. The molecule has 3 aromatic rings. The molecule has 0 aliphatic carbocycles. The van der Waals surface area contributed by atoms with E-state index in [0.717, 1.165) is 22.0 Å². The van der Waals surface area contributed by atoms with Crippen LogP contribution in [-0.2, 0) is 0 Å². The second kappa shape index (κ2) is 7.62. The fourth-order valence-corrected chi connectivity index (χ4v) is 2.81. The fourth-order valence-electron chi connectivity index (χ4n) is 2.81. The van der Waals surface area contributed by atoms with Crippen molar-refractivity contribution in [2.24, 2.45) is 0 Å². The molecule has 0 atom stereocenters. The number of fused-ring (bicyclic) bond motifs is 1. The minimum Gasteiger partial charge on any atom is -0.367 e. The van der Waals surface area contributed by atoms with E-state index in [9.17, 15) is 10.1 Å². The van der Waals surface area contributed by atoms with Gasteiger partial charge in [0.05, 0.1) is 11.1 Å². The number of carbonyl (C=O) groups is 1. The molecule has 0 saturated carbocycles. The average molecular weight is 345 g/mol.